The van der Waals surface area contributed by atoms with Gasteiger partial charge in [0.05, 0.1) is 17.7 Å². The normalized spacial score (nSPS) is 11.8. The van der Waals surface area contributed by atoms with Gasteiger partial charge in [0, 0.05) is 23.2 Å². The van der Waals surface area contributed by atoms with Gasteiger partial charge in [-0.1, -0.05) is 23.7 Å². The average molecular weight is 307 g/mol. The topological polar surface area (TPSA) is 64.4 Å². The zero-order valence-electron chi connectivity index (χ0n) is 11.7. The summed E-state index contributed by atoms with van der Waals surface area (Å²) in [5.74, 6) is 0.557. The van der Waals surface area contributed by atoms with Crippen molar-refractivity contribution in [2.24, 2.45) is 0 Å². The molecule has 2 aromatic rings. The van der Waals surface area contributed by atoms with Crippen LogP contribution < -0.4 is 10.1 Å². The predicted octanol–water partition coefficient (Wildman–Crippen LogP) is 4.43. The molecule has 0 aromatic heterocycles. The van der Waals surface area contributed by atoms with E-state index in [2.05, 4.69) is 5.32 Å². The van der Waals surface area contributed by atoms with Gasteiger partial charge >= 0.3 is 0 Å². The molecule has 0 heterocycles. The number of nitrogens with zero attached hydrogens (tertiary/aromatic N) is 1. The SMILES string of the molecule is COc1ccc([N+](=O)[O-])cc1NC(C)c1ccc(Cl)cc1. The Hall–Kier alpha value is -2.27. The van der Waals surface area contributed by atoms with Gasteiger partial charge in [-0.3, -0.25) is 10.1 Å². The average Bonchev–Trinajstić information content (AvgIpc) is 2.47. The lowest BCUT2D eigenvalue weighted by molar-refractivity contribution is -0.384. The molecule has 1 atom stereocenters. The highest BCUT2D eigenvalue weighted by Gasteiger charge is 2.14. The second-order valence-electron chi connectivity index (χ2n) is 4.56. The summed E-state index contributed by atoms with van der Waals surface area (Å²) in [4.78, 5) is 10.4. The van der Waals surface area contributed by atoms with Gasteiger partial charge in [0.15, 0.2) is 0 Å². The first-order chi connectivity index (χ1) is 10.0. The van der Waals surface area contributed by atoms with E-state index in [1.165, 1.54) is 19.2 Å². The zero-order chi connectivity index (χ0) is 15.4. The van der Waals surface area contributed by atoms with Gasteiger partial charge in [0.25, 0.3) is 5.69 Å². The van der Waals surface area contributed by atoms with Crippen molar-refractivity contribution < 1.29 is 9.66 Å². The molecule has 1 unspecified atom stereocenters. The van der Waals surface area contributed by atoms with Gasteiger partial charge < -0.3 is 10.1 Å². The highest BCUT2D eigenvalue weighted by molar-refractivity contribution is 6.30. The molecule has 1 N–H and O–H groups in total. The lowest BCUT2D eigenvalue weighted by atomic mass is 10.1. The molecule has 2 rings (SSSR count). The molecule has 0 aliphatic rings. The molecular formula is C15H15ClN2O3. The second-order valence-corrected chi connectivity index (χ2v) is 5.00. The molecule has 0 saturated heterocycles. The highest BCUT2D eigenvalue weighted by Crippen LogP contribution is 2.32. The Morgan fingerprint density at radius 2 is 1.90 bits per heavy atom. The quantitative estimate of drug-likeness (QED) is 0.655. The molecular weight excluding hydrogens is 292 g/mol. The standard InChI is InChI=1S/C15H15ClN2O3/c1-10(11-3-5-12(16)6-4-11)17-14-9-13(18(19)20)7-8-15(14)21-2/h3-10,17H,1-2H3. The number of methoxy groups -OCH3 is 1. The van der Waals surface area contributed by atoms with Crippen LogP contribution in [0.5, 0.6) is 5.75 Å². The number of non-ortho nitro benzene ring substituents is 1. The predicted molar refractivity (Wildman–Crippen MR) is 83.1 cm³/mol. The Morgan fingerprint density at radius 3 is 2.48 bits per heavy atom. The largest absolute Gasteiger partial charge is 0.495 e. The summed E-state index contributed by atoms with van der Waals surface area (Å²) in [7, 11) is 1.53. The maximum atomic E-state index is 10.9. The summed E-state index contributed by atoms with van der Waals surface area (Å²) in [6.07, 6.45) is 0. The Bertz CT molecular complexity index is 644. The minimum absolute atomic E-state index is 0.0154. The first kappa shape index (κ1) is 15.1. The van der Waals surface area contributed by atoms with Gasteiger partial charge in [-0.05, 0) is 30.7 Å². The minimum Gasteiger partial charge on any atom is -0.495 e. The van der Waals surface area contributed by atoms with E-state index in [1.807, 2.05) is 19.1 Å². The molecule has 110 valence electrons. The number of hydrogen-bond acceptors (Lipinski definition) is 4. The summed E-state index contributed by atoms with van der Waals surface area (Å²) in [5.41, 5.74) is 1.61. The van der Waals surface area contributed by atoms with Crippen molar-refractivity contribution in [3.05, 3.63) is 63.2 Å². The van der Waals surface area contributed by atoms with Crippen LogP contribution in [0.25, 0.3) is 0 Å². The highest BCUT2D eigenvalue weighted by atomic mass is 35.5. The summed E-state index contributed by atoms with van der Waals surface area (Å²) in [6, 6.07) is 11.8. The molecule has 0 fully saturated rings. The number of nitro groups is 1. The number of ether oxygens (including phenoxy) is 1. The smallest absolute Gasteiger partial charge is 0.271 e. The van der Waals surface area contributed by atoms with Gasteiger partial charge in [0.2, 0.25) is 0 Å². The summed E-state index contributed by atoms with van der Waals surface area (Å²) in [6.45, 7) is 1.96. The fraction of sp³-hybridized carbons (Fsp3) is 0.200. The van der Waals surface area contributed by atoms with Crippen molar-refractivity contribution in [2.75, 3.05) is 12.4 Å². The number of anilines is 1. The minimum atomic E-state index is -0.433. The maximum Gasteiger partial charge on any atom is 0.271 e. The lowest BCUT2D eigenvalue weighted by Crippen LogP contribution is -2.08. The van der Waals surface area contributed by atoms with E-state index in [4.69, 9.17) is 16.3 Å². The third kappa shape index (κ3) is 3.64. The van der Waals surface area contributed by atoms with Crippen LogP contribution in [0.2, 0.25) is 5.02 Å². The van der Waals surface area contributed by atoms with Gasteiger partial charge in [-0.2, -0.15) is 0 Å². The van der Waals surface area contributed by atoms with Gasteiger partial charge in [-0.25, -0.2) is 0 Å². The van der Waals surface area contributed by atoms with E-state index in [1.54, 1.807) is 18.2 Å². The van der Waals surface area contributed by atoms with Gasteiger partial charge in [0.1, 0.15) is 5.75 Å². The molecule has 0 spiro atoms. The number of halogens is 1. The van der Waals surface area contributed by atoms with E-state index in [0.29, 0.717) is 16.5 Å². The van der Waals surface area contributed by atoms with Crippen molar-refractivity contribution >= 4 is 23.0 Å². The van der Waals surface area contributed by atoms with Crippen LogP contribution in [-0.2, 0) is 0 Å². The van der Waals surface area contributed by atoms with E-state index in [9.17, 15) is 10.1 Å². The van der Waals surface area contributed by atoms with Crippen LogP contribution in [0.1, 0.15) is 18.5 Å². The molecule has 0 bridgehead atoms. The molecule has 0 aliphatic heterocycles. The molecule has 0 amide bonds. The van der Waals surface area contributed by atoms with Crippen molar-refractivity contribution in [3.8, 4) is 5.75 Å². The summed E-state index contributed by atoms with van der Waals surface area (Å²) < 4.78 is 5.23. The van der Waals surface area contributed by atoms with Crippen LogP contribution in [-0.4, -0.2) is 12.0 Å². The van der Waals surface area contributed by atoms with E-state index < -0.39 is 4.92 Å². The third-order valence-electron chi connectivity index (χ3n) is 3.14. The van der Waals surface area contributed by atoms with Crippen LogP contribution in [0, 0.1) is 10.1 Å². The molecule has 0 radical (unpaired) electrons. The van der Waals surface area contributed by atoms with Crippen LogP contribution >= 0.6 is 11.6 Å². The van der Waals surface area contributed by atoms with Crippen LogP contribution in [0.15, 0.2) is 42.5 Å². The molecule has 6 heteroatoms. The Kier molecular flexibility index (Phi) is 4.65. The molecule has 5 nitrogen and oxygen atoms in total. The van der Waals surface area contributed by atoms with Crippen LogP contribution in [0.4, 0.5) is 11.4 Å². The van der Waals surface area contributed by atoms with Gasteiger partial charge in [-0.15, -0.1) is 0 Å². The first-order valence-electron chi connectivity index (χ1n) is 6.35. The number of nitro benzene ring substituents is 1. The second kappa shape index (κ2) is 6.45. The molecule has 0 aliphatic carbocycles. The van der Waals surface area contributed by atoms with E-state index >= 15 is 0 Å². The number of hydrogen-bond donors (Lipinski definition) is 1. The number of rotatable bonds is 5. The molecule has 0 saturated carbocycles. The van der Waals surface area contributed by atoms with Crippen molar-refractivity contribution in [3.63, 3.8) is 0 Å². The Morgan fingerprint density at radius 1 is 1.24 bits per heavy atom. The summed E-state index contributed by atoms with van der Waals surface area (Å²) in [5, 5.41) is 14.8. The number of benzene rings is 2. The van der Waals surface area contributed by atoms with E-state index in [-0.39, 0.29) is 11.7 Å². The Labute approximate surface area is 127 Å². The molecule has 2 aromatic carbocycles. The third-order valence-corrected chi connectivity index (χ3v) is 3.39. The lowest BCUT2D eigenvalue weighted by Gasteiger charge is -2.17. The zero-order valence-corrected chi connectivity index (χ0v) is 12.4. The monoisotopic (exact) mass is 306 g/mol. The van der Waals surface area contributed by atoms with Crippen molar-refractivity contribution in [2.45, 2.75) is 13.0 Å². The fourth-order valence-electron chi connectivity index (χ4n) is 1.99. The maximum absolute atomic E-state index is 10.9. The van der Waals surface area contributed by atoms with E-state index in [0.717, 1.165) is 5.56 Å². The first-order valence-corrected chi connectivity index (χ1v) is 6.73. The summed E-state index contributed by atoms with van der Waals surface area (Å²) >= 11 is 5.86. The van der Waals surface area contributed by atoms with Crippen molar-refractivity contribution in [1.29, 1.82) is 0 Å². The fourth-order valence-corrected chi connectivity index (χ4v) is 2.12. The molecule has 21 heavy (non-hydrogen) atoms. The number of nitrogens with one attached hydrogen (secondary N) is 1. The van der Waals surface area contributed by atoms with Crippen LogP contribution in [0.3, 0.4) is 0 Å². The van der Waals surface area contributed by atoms with Crippen molar-refractivity contribution in [1.82, 2.24) is 0 Å². The Balaban J connectivity index is 2.26.